The lowest BCUT2D eigenvalue weighted by molar-refractivity contribution is 0.0815. The Morgan fingerprint density at radius 2 is 1.54 bits per heavy atom. The number of hydrogen-bond acceptors (Lipinski definition) is 3. The minimum Gasteiger partial charge on any atom is -0.285 e. The molecule has 2 aromatic carbocycles. The van der Waals surface area contributed by atoms with E-state index in [4.69, 9.17) is 0 Å². The van der Waals surface area contributed by atoms with Crippen molar-refractivity contribution in [2.24, 2.45) is 0 Å². The molecule has 0 unspecified atom stereocenters. The Hall–Kier alpha value is -3.01. The number of carbonyl (C=O) groups excluding carboxylic acids is 2. The Kier molecular flexibility index (Phi) is 3.38. The van der Waals surface area contributed by atoms with E-state index in [2.05, 4.69) is 17.2 Å². The smallest absolute Gasteiger partial charge is 0.237 e. The first-order chi connectivity index (χ1) is 11.7. The zero-order valence-electron chi connectivity index (χ0n) is 13.3. The van der Waals surface area contributed by atoms with Crippen molar-refractivity contribution in [3.63, 3.8) is 0 Å². The molecule has 0 fully saturated rings. The quantitative estimate of drug-likeness (QED) is 0.695. The Balaban J connectivity index is 1.80. The maximum Gasteiger partial charge on any atom is 0.237 e. The monoisotopic (exact) mass is 316 g/mol. The molecule has 0 radical (unpaired) electrons. The molecule has 1 heterocycles. The van der Waals surface area contributed by atoms with Gasteiger partial charge in [0.05, 0.1) is 17.0 Å². The first kappa shape index (κ1) is 14.6. The normalized spacial score (nSPS) is 12.9. The zero-order valence-corrected chi connectivity index (χ0v) is 13.3. The van der Waals surface area contributed by atoms with Crippen molar-refractivity contribution < 1.29 is 9.59 Å². The molecule has 3 aromatic rings. The summed E-state index contributed by atoms with van der Waals surface area (Å²) in [4.78, 5) is 24.8. The number of Topliss-reactive ketones (excluding diaryl/α,β-unsaturated/α-hetero) is 2. The highest BCUT2D eigenvalue weighted by molar-refractivity contribution is 6.53. The fourth-order valence-electron chi connectivity index (χ4n) is 3.29. The molecule has 24 heavy (non-hydrogen) atoms. The second-order valence-corrected chi connectivity index (χ2v) is 5.97. The number of rotatable bonds is 3. The summed E-state index contributed by atoms with van der Waals surface area (Å²) < 4.78 is 1.86. The van der Waals surface area contributed by atoms with Crippen LogP contribution in [0.1, 0.15) is 32.0 Å². The maximum absolute atomic E-state index is 12.5. The Bertz CT molecular complexity index is 955. The van der Waals surface area contributed by atoms with E-state index in [0.717, 1.165) is 17.7 Å². The van der Waals surface area contributed by atoms with Crippen LogP contribution in [0, 0.1) is 6.92 Å². The van der Waals surface area contributed by atoms with Crippen LogP contribution in [0.15, 0.2) is 54.6 Å². The maximum atomic E-state index is 12.5. The molecular weight excluding hydrogens is 300 g/mol. The van der Waals surface area contributed by atoms with E-state index >= 15 is 0 Å². The largest absolute Gasteiger partial charge is 0.285 e. The van der Waals surface area contributed by atoms with Gasteiger partial charge in [0.2, 0.25) is 11.6 Å². The van der Waals surface area contributed by atoms with Crippen LogP contribution in [0.3, 0.4) is 0 Å². The average molecular weight is 316 g/mol. The minimum absolute atomic E-state index is 0.441. The number of fused-ring (bicyclic) bond motifs is 3. The van der Waals surface area contributed by atoms with Crippen molar-refractivity contribution in [1.82, 2.24) is 9.78 Å². The number of carbonyl (C=O) groups is 2. The Labute approximate surface area is 139 Å². The highest BCUT2D eigenvalue weighted by atomic mass is 16.2. The van der Waals surface area contributed by atoms with E-state index in [0.29, 0.717) is 23.4 Å². The predicted octanol–water partition coefficient (Wildman–Crippen LogP) is 3.48. The SMILES string of the molecule is Cc1nn(CCc2ccccc2)c2c1C(=O)C(=O)c1ccccc1-2. The summed E-state index contributed by atoms with van der Waals surface area (Å²) in [6, 6.07) is 17.4. The molecule has 4 nitrogen and oxygen atoms in total. The van der Waals surface area contributed by atoms with Crippen molar-refractivity contribution in [2.75, 3.05) is 0 Å². The molecule has 0 saturated heterocycles. The molecule has 0 spiro atoms. The lowest BCUT2D eigenvalue weighted by atomic mass is 9.87. The summed E-state index contributed by atoms with van der Waals surface area (Å²) in [6.07, 6.45) is 0.818. The average Bonchev–Trinajstić information content (AvgIpc) is 2.95. The van der Waals surface area contributed by atoms with Gasteiger partial charge < -0.3 is 0 Å². The minimum atomic E-state index is -0.452. The van der Waals surface area contributed by atoms with E-state index < -0.39 is 11.6 Å². The molecule has 0 atom stereocenters. The number of ketones is 2. The Morgan fingerprint density at radius 1 is 0.875 bits per heavy atom. The van der Waals surface area contributed by atoms with Gasteiger partial charge >= 0.3 is 0 Å². The van der Waals surface area contributed by atoms with Crippen LogP contribution in [0.25, 0.3) is 11.3 Å². The summed E-state index contributed by atoms with van der Waals surface area (Å²) >= 11 is 0. The number of benzene rings is 2. The predicted molar refractivity (Wildman–Crippen MR) is 91.2 cm³/mol. The van der Waals surface area contributed by atoms with Gasteiger partial charge in [-0.1, -0.05) is 54.6 Å². The van der Waals surface area contributed by atoms with E-state index in [1.807, 2.05) is 35.0 Å². The van der Waals surface area contributed by atoms with Gasteiger partial charge in [-0.25, -0.2) is 0 Å². The lowest BCUT2D eigenvalue weighted by Crippen LogP contribution is -2.22. The molecule has 118 valence electrons. The summed E-state index contributed by atoms with van der Waals surface area (Å²) in [6.45, 7) is 2.45. The van der Waals surface area contributed by atoms with E-state index in [1.54, 1.807) is 19.1 Å². The van der Waals surface area contributed by atoms with Gasteiger partial charge in [0.15, 0.2) is 0 Å². The molecule has 0 bridgehead atoms. The summed E-state index contributed by atoms with van der Waals surface area (Å²) in [5, 5.41) is 4.53. The van der Waals surface area contributed by atoms with Gasteiger partial charge in [-0.3, -0.25) is 14.3 Å². The fraction of sp³-hybridized carbons (Fsp3) is 0.150. The molecular formula is C20H16N2O2. The van der Waals surface area contributed by atoms with Gasteiger partial charge in [0, 0.05) is 17.7 Å². The second kappa shape index (κ2) is 5.57. The topological polar surface area (TPSA) is 52.0 Å². The van der Waals surface area contributed by atoms with Crippen LogP contribution in [-0.4, -0.2) is 21.3 Å². The number of aryl methyl sites for hydroxylation is 3. The molecule has 0 N–H and O–H groups in total. The number of hydrogen-bond donors (Lipinski definition) is 0. The van der Waals surface area contributed by atoms with Gasteiger partial charge in [0.1, 0.15) is 0 Å². The Morgan fingerprint density at radius 3 is 2.29 bits per heavy atom. The van der Waals surface area contributed by atoms with Gasteiger partial charge in [-0.15, -0.1) is 0 Å². The number of nitrogens with zero attached hydrogens (tertiary/aromatic N) is 2. The van der Waals surface area contributed by atoms with Gasteiger partial charge in [-0.05, 0) is 18.9 Å². The second-order valence-electron chi connectivity index (χ2n) is 5.97. The number of aromatic nitrogens is 2. The molecule has 0 amide bonds. The summed E-state index contributed by atoms with van der Waals surface area (Å²) in [7, 11) is 0. The third kappa shape index (κ3) is 2.19. The van der Waals surface area contributed by atoms with Crippen molar-refractivity contribution in [2.45, 2.75) is 19.9 Å². The van der Waals surface area contributed by atoms with Crippen molar-refractivity contribution in [3.8, 4) is 11.3 Å². The third-order valence-corrected chi connectivity index (χ3v) is 4.44. The first-order valence-electron chi connectivity index (χ1n) is 7.96. The molecule has 1 aliphatic rings. The molecule has 4 rings (SSSR count). The van der Waals surface area contributed by atoms with Crippen LogP contribution >= 0.6 is 0 Å². The highest BCUT2D eigenvalue weighted by Crippen LogP contribution is 2.35. The van der Waals surface area contributed by atoms with Gasteiger partial charge in [-0.2, -0.15) is 5.10 Å². The molecule has 4 heteroatoms. The standard InChI is InChI=1S/C20H16N2O2/c1-13-17-18(15-9-5-6-10-16(15)19(23)20(17)24)22(21-13)12-11-14-7-3-2-4-8-14/h2-10H,11-12H2,1H3. The lowest BCUT2D eigenvalue weighted by Gasteiger charge is -2.16. The van der Waals surface area contributed by atoms with Crippen molar-refractivity contribution in [1.29, 1.82) is 0 Å². The van der Waals surface area contributed by atoms with Crippen LogP contribution in [0.4, 0.5) is 0 Å². The molecule has 1 aliphatic carbocycles. The molecule has 0 aliphatic heterocycles. The fourth-order valence-corrected chi connectivity index (χ4v) is 3.29. The van der Waals surface area contributed by atoms with Crippen LogP contribution in [0.2, 0.25) is 0 Å². The molecule has 1 aromatic heterocycles. The van der Waals surface area contributed by atoms with E-state index in [9.17, 15) is 9.59 Å². The zero-order chi connectivity index (χ0) is 16.7. The van der Waals surface area contributed by atoms with Crippen LogP contribution in [-0.2, 0) is 13.0 Å². The van der Waals surface area contributed by atoms with E-state index in [1.165, 1.54) is 5.56 Å². The summed E-state index contributed by atoms with van der Waals surface area (Å²) in [5.41, 5.74) is 4.31. The molecule has 0 saturated carbocycles. The van der Waals surface area contributed by atoms with Crippen molar-refractivity contribution in [3.05, 3.63) is 77.0 Å². The third-order valence-electron chi connectivity index (χ3n) is 4.44. The van der Waals surface area contributed by atoms with Crippen LogP contribution in [0.5, 0.6) is 0 Å². The van der Waals surface area contributed by atoms with Crippen molar-refractivity contribution >= 4 is 11.6 Å². The van der Waals surface area contributed by atoms with Gasteiger partial charge in [0.25, 0.3) is 0 Å². The summed E-state index contributed by atoms with van der Waals surface area (Å²) in [5.74, 6) is -0.893. The highest BCUT2D eigenvalue weighted by Gasteiger charge is 2.35. The first-order valence-corrected chi connectivity index (χ1v) is 7.96. The van der Waals surface area contributed by atoms with Crippen LogP contribution < -0.4 is 0 Å². The van der Waals surface area contributed by atoms with E-state index in [-0.39, 0.29) is 0 Å².